The molecule has 3 rings (SSSR count). The Balaban J connectivity index is 1.80. The molecule has 1 N–H and O–H groups in total. The van der Waals surface area contributed by atoms with Gasteiger partial charge in [0.2, 0.25) is 11.8 Å². The van der Waals surface area contributed by atoms with E-state index in [2.05, 4.69) is 17.4 Å². The van der Waals surface area contributed by atoms with Gasteiger partial charge in [0.1, 0.15) is 0 Å². The molecule has 0 bridgehead atoms. The standard InChI is InChI=1S/C21H23ClN2O2/c1-12-8-13(2)20(14(3)9-12)24-11-16(10-19(24)25)21(26)23-18-7-5-6-17(22)15(18)4/h5-9,16H,10-11H2,1-4H3,(H,23,26). The van der Waals surface area contributed by atoms with Gasteiger partial charge >= 0.3 is 0 Å². The number of carbonyl (C=O) groups excluding carboxylic acids is 2. The predicted molar refractivity (Wildman–Crippen MR) is 106 cm³/mol. The molecular weight excluding hydrogens is 348 g/mol. The summed E-state index contributed by atoms with van der Waals surface area (Å²) in [6.45, 7) is 8.31. The molecule has 136 valence electrons. The molecule has 1 saturated heterocycles. The van der Waals surface area contributed by atoms with Gasteiger partial charge in [-0.15, -0.1) is 0 Å². The molecule has 1 heterocycles. The van der Waals surface area contributed by atoms with Gasteiger partial charge in [0.15, 0.2) is 0 Å². The molecular formula is C21H23ClN2O2. The van der Waals surface area contributed by atoms with Crippen molar-refractivity contribution in [2.24, 2.45) is 5.92 Å². The van der Waals surface area contributed by atoms with Crippen molar-refractivity contribution in [2.75, 3.05) is 16.8 Å². The highest BCUT2D eigenvalue weighted by atomic mass is 35.5. The molecule has 1 aliphatic rings. The summed E-state index contributed by atoms with van der Waals surface area (Å²) in [5.41, 5.74) is 5.73. The zero-order chi connectivity index (χ0) is 19.0. The fourth-order valence-corrected chi connectivity index (χ4v) is 3.85. The van der Waals surface area contributed by atoms with Crippen molar-refractivity contribution < 1.29 is 9.59 Å². The number of nitrogens with one attached hydrogen (secondary N) is 1. The molecule has 2 amide bonds. The van der Waals surface area contributed by atoms with Crippen LogP contribution in [0.5, 0.6) is 0 Å². The summed E-state index contributed by atoms with van der Waals surface area (Å²) in [7, 11) is 0. The van der Waals surface area contributed by atoms with Gasteiger partial charge in [-0.05, 0) is 56.5 Å². The molecule has 2 aromatic carbocycles. The minimum Gasteiger partial charge on any atom is -0.325 e. The second kappa shape index (κ2) is 7.12. The third-order valence-electron chi connectivity index (χ3n) is 4.93. The number of halogens is 1. The van der Waals surface area contributed by atoms with Crippen molar-refractivity contribution in [1.82, 2.24) is 0 Å². The van der Waals surface area contributed by atoms with Crippen LogP contribution in [0.25, 0.3) is 0 Å². The maximum atomic E-state index is 12.7. The Morgan fingerprint density at radius 3 is 2.46 bits per heavy atom. The fourth-order valence-electron chi connectivity index (χ4n) is 3.68. The number of carbonyl (C=O) groups is 2. The molecule has 1 aliphatic heterocycles. The molecule has 5 heteroatoms. The number of nitrogens with zero attached hydrogens (tertiary/aromatic N) is 1. The highest BCUT2D eigenvalue weighted by molar-refractivity contribution is 6.31. The Bertz CT molecular complexity index is 869. The second-order valence-electron chi connectivity index (χ2n) is 7.05. The predicted octanol–water partition coefficient (Wildman–Crippen LogP) is 4.57. The molecule has 4 nitrogen and oxygen atoms in total. The normalized spacial score (nSPS) is 16.9. The zero-order valence-electron chi connectivity index (χ0n) is 15.5. The van der Waals surface area contributed by atoms with Gasteiger partial charge in [-0.3, -0.25) is 9.59 Å². The van der Waals surface area contributed by atoms with Gasteiger partial charge in [-0.1, -0.05) is 35.4 Å². The van der Waals surface area contributed by atoms with Gasteiger partial charge in [0.25, 0.3) is 0 Å². The van der Waals surface area contributed by atoms with Crippen molar-refractivity contribution in [1.29, 1.82) is 0 Å². The Labute approximate surface area is 159 Å². The van der Waals surface area contributed by atoms with E-state index in [1.54, 1.807) is 17.0 Å². The maximum Gasteiger partial charge on any atom is 0.229 e. The van der Waals surface area contributed by atoms with E-state index in [0.29, 0.717) is 17.3 Å². The van der Waals surface area contributed by atoms with Crippen LogP contribution in [0.2, 0.25) is 5.02 Å². The molecule has 0 aromatic heterocycles. The minimum absolute atomic E-state index is 0.0111. The van der Waals surface area contributed by atoms with E-state index in [0.717, 1.165) is 22.4 Å². The highest BCUT2D eigenvalue weighted by Gasteiger charge is 2.36. The van der Waals surface area contributed by atoms with Gasteiger partial charge in [0.05, 0.1) is 5.92 Å². The number of hydrogen-bond acceptors (Lipinski definition) is 2. The Morgan fingerprint density at radius 1 is 1.15 bits per heavy atom. The number of amides is 2. The summed E-state index contributed by atoms with van der Waals surface area (Å²) < 4.78 is 0. The smallest absolute Gasteiger partial charge is 0.229 e. The van der Waals surface area contributed by atoms with E-state index in [-0.39, 0.29) is 24.2 Å². The average Bonchev–Trinajstić information content (AvgIpc) is 2.93. The minimum atomic E-state index is -0.374. The second-order valence-corrected chi connectivity index (χ2v) is 7.46. The SMILES string of the molecule is Cc1cc(C)c(N2CC(C(=O)Nc3cccc(Cl)c3C)CC2=O)c(C)c1. The Morgan fingerprint density at radius 2 is 1.81 bits per heavy atom. The first-order valence-corrected chi connectivity index (χ1v) is 9.10. The van der Waals surface area contributed by atoms with Crippen LogP contribution in [0.1, 0.15) is 28.7 Å². The van der Waals surface area contributed by atoms with E-state index in [1.165, 1.54) is 5.56 Å². The van der Waals surface area contributed by atoms with E-state index in [9.17, 15) is 9.59 Å². The van der Waals surface area contributed by atoms with Crippen LogP contribution in [0.4, 0.5) is 11.4 Å². The van der Waals surface area contributed by atoms with Crippen molar-refractivity contribution >= 4 is 34.8 Å². The highest BCUT2D eigenvalue weighted by Crippen LogP contribution is 2.32. The summed E-state index contributed by atoms with van der Waals surface area (Å²) in [6.07, 6.45) is 0.220. The lowest BCUT2D eigenvalue weighted by atomic mass is 10.0. The summed E-state index contributed by atoms with van der Waals surface area (Å²) >= 11 is 6.12. The molecule has 0 radical (unpaired) electrons. The molecule has 2 aromatic rings. The summed E-state index contributed by atoms with van der Waals surface area (Å²) in [4.78, 5) is 27.0. The molecule has 1 atom stereocenters. The summed E-state index contributed by atoms with van der Waals surface area (Å²) in [5.74, 6) is -0.530. The van der Waals surface area contributed by atoms with E-state index < -0.39 is 0 Å². The lowest BCUT2D eigenvalue weighted by Gasteiger charge is -2.22. The number of benzene rings is 2. The van der Waals surface area contributed by atoms with Crippen LogP contribution in [0.15, 0.2) is 30.3 Å². The van der Waals surface area contributed by atoms with Crippen LogP contribution in [0.3, 0.4) is 0 Å². The third-order valence-corrected chi connectivity index (χ3v) is 5.34. The molecule has 26 heavy (non-hydrogen) atoms. The third kappa shape index (κ3) is 3.47. The molecule has 1 fully saturated rings. The topological polar surface area (TPSA) is 49.4 Å². The van der Waals surface area contributed by atoms with Crippen LogP contribution in [-0.2, 0) is 9.59 Å². The van der Waals surface area contributed by atoms with Crippen molar-refractivity contribution in [3.8, 4) is 0 Å². The lowest BCUT2D eigenvalue weighted by Crippen LogP contribution is -2.29. The van der Waals surface area contributed by atoms with Crippen LogP contribution in [0, 0.1) is 33.6 Å². The zero-order valence-corrected chi connectivity index (χ0v) is 16.3. The molecule has 0 saturated carbocycles. The fraction of sp³-hybridized carbons (Fsp3) is 0.333. The van der Waals surface area contributed by atoms with Crippen LogP contribution < -0.4 is 10.2 Å². The quantitative estimate of drug-likeness (QED) is 0.860. The van der Waals surface area contributed by atoms with Crippen molar-refractivity contribution in [3.63, 3.8) is 0 Å². The van der Waals surface area contributed by atoms with Gasteiger partial charge in [-0.25, -0.2) is 0 Å². The molecule has 1 unspecified atom stereocenters. The van der Waals surface area contributed by atoms with E-state index in [1.807, 2.05) is 33.8 Å². The molecule has 0 aliphatic carbocycles. The van der Waals surface area contributed by atoms with Gasteiger partial charge < -0.3 is 10.2 Å². The first-order valence-electron chi connectivity index (χ1n) is 8.72. The largest absolute Gasteiger partial charge is 0.325 e. The average molecular weight is 371 g/mol. The number of hydrogen-bond donors (Lipinski definition) is 1. The van der Waals surface area contributed by atoms with Crippen molar-refractivity contribution in [2.45, 2.75) is 34.1 Å². The van der Waals surface area contributed by atoms with Gasteiger partial charge in [-0.2, -0.15) is 0 Å². The van der Waals surface area contributed by atoms with E-state index in [4.69, 9.17) is 11.6 Å². The Kier molecular flexibility index (Phi) is 5.05. The lowest BCUT2D eigenvalue weighted by molar-refractivity contribution is -0.122. The van der Waals surface area contributed by atoms with Crippen LogP contribution >= 0.6 is 11.6 Å². The first-order chi connectivity index (χ1) is 12.3. The Hall–Kier alpha value is -2.33. The number of aryl methyl sites for hydroxylation is 3. The first kappa shape index (κ1) is 18.5. The van der Waals surface area contributed by atoms with Gasteiger partial charge in [0, 0.05) is 29.4 Å². The monoisotopic (exact) mass is 370 g/mol. The number of anilines is 2. The van der Waals surface area contributed by atoms with Crippen molar-refractivity contribution in [3.05, 3.63) is 57.6 Å². The maximum absolute atomic E-state index is 12.7. The summed E-state index contributed by atoms with van der Waals surface area (Å²) in [5, 5.41) is 3.53. The van der Waals surface area contributed by atoms with E-state index >= 15 is 0 Å². The van der Waals surface area contributed by atoms with Crippen LogP contribution in [-0.4, -0.2) is 18.4 Å². The summed E-state index contributed by atoms with van der Waals surface area (Å²) in [6, 6.07) is 9.55. The number of rotatable bonds is 3. The molecule has 0 spiro atoms.